The maximum Gasteiger partial charge on any atom is 0.328 e. The zero-order valence-corrected chi connectivity index (χ0v) is 10.3. The number of carboxylic acid groups (broad SMARTS) is 1. The summed E-state index contributed by atoms with van der Waals surface area (Å²) >= 11 is 0. The number of carbonyl (C=O) groups excluding carboxylic acids is 2. The molecule has 0 atom stereocenters. The van der Waals surface area contributed by atoms with Crippen molar-refractivity contribution in [1.29, 1.82) is 0 Å². The molecule has 0 saturated heterocycles. The SMILES string of the molecule is CNC(=O)CNC(=O)c1cccc(C=CC(=O)O)c1. The third-order valence-electron chi connectivity index (χ3n) is 2.26. The zero-order valence-electron chi connectivity index (χ0n) is 10.3. The molecule has 0 unspecified atom stereocenters. The first-order valence-electron chi connectivity index (χ1n) is 5.53. The lowest BCUT2D eigenvalue weighted by Gasteiger charge is -2.04. The second kappa shape index (κ2) is 6.95. The Kier molecular flexibility index (Phi) is 5.28. The first-order chi connectivity index (χ1) is 9.02. The van der Waals surface area contributed by atoms with Gasteiger partial charge in [-0.25, -0.2) is 4.79 Å². The van der Waals surface area contributed by atoms with Gasteiger partial charge in [-0.3, -0.25) is 9.59 Å². The zero-order chi connectivity index (χ0) is 14.3. The molecule has 0 aliphatic carbocycles. The van der Waals surface area contributed by atoms with Crippen LogP contribution in [0.2, 0.25) is 0 Å². The van der Waals surface area contributed by atoms with Gasteiger partial charge in [0.2, 0.25) is 5.91 Å². The maximum absolute atomic E-state index is 11.7. The molecule has 0 aliphatic rings. The van der Waals surface area contributed by atoms with Crippen molar-refractivity contribution in [2.24, 2.45) is 0 Å². The van der Waals surface area contributed by atoms with Gasteiger partial charge in [-0.1, -0.05) is 12.1 Å². The van der Waals surface area contributed by atoms with E-state index in [9.17, 15) is 14.4 Å². The van der Waals surface area contributed by atoms with E-state index in [1.54, 1.807) is 24.3 Å². The molecule has 1 aromatic carbocycles. The first kappa shape index (κ1) is 14.4. The first-order valence-corrected chi connectivity index (χ1v) is 5.53. The lowest BCUT2D eigenvalue weighted by atomic mass is 10.1. The molecule has 0 saturated carbocycles. The fraction of sp³-hybridized carbons (Fsp3) is 0.154. The van der Waals surface area contributed by atoms with Crippen LogP contribution in [0.1, 0.15) is 15.9 Å². The number of rotatable bonds is 5. The van der Waals surface area contributed by atoms with Gasteiger partial charge in [0.05, 0.1) is 6.54 Å². The molecule has 6 heteroatoms. The van der Waals surface area contributed by atoms with E-state index >= 15 is 0 Å². The molecule has 3 N–H and O–H groups in total. The van der Waals surface area contributed by atoms with E-state index in [-0.39, 0.29) is 12.5 Å². The van der Waals surface area contributed by atoms with Crippen LogP contribution >= 0.6 is 0 Å². The topological polar surface area (TPSA) is 95.5 Å². The molecule has 1 aromatic rings. The van der Waals surface area contributed by atoms with Crippen molar-refractivity contribution >= 4 is 23.9 Å². The Labute approximate surface area is 110 Å². The van der Waals surface area contributed by atoms with Crippen molar-refractivity contribution in [3.05, 3.63) is 41.5 Å². The minimum absolute atomic E-state index is 0.107. The number of aliphatic carboxylic acids is 1. The summed E-state index contributed by atoms with van der Waals surface area (Å²) in [6.07, 6.45) is 2.37. The van der Waals surface area contributed by atoms with Gasteiger partial charge in [0.1, 0.15) is 0 Å². The van der Waals surface area contributed by atoms with Gasteiger partial charge in [-0.2, -0.15) is 0 Å². The molecule has 19 heavy (non-hydrogen) atoms. The van der Waals surface area contributed by atoms with Gasteiger partial charge in [0.15, 0.2) is 0 Å². The second-order valence-electron chi connectivity index (χ2n) is 3.65. The van der Waals surface area contributed by atoms with Crippen LogP contribution in [-0.4, -0.2) is 36.5 Å². The van der Waals surface area contributed by atoms with Crippen LogP contribution in [0.4, 0.5) is 0 Å². The Hall–Kier alpha value is -2.63. The Morgan fingerprint density at radius 3 is 2.68 bits per heavy atom. The fourth-order valence-electron chi connectivity index (χ4n) is 1.30. The summed E-state index contributed by atoms with van der Waals surface area (Å²) in [6, 6.07) is 6.43. The van der Waals surface area contributed by atoms with Crippen LogP contribution in [0.3, 0.4) is 0 Å². The number of hydrogen-bond acceptors (Lipinski definition) is 3. The third-order valence-corrected chi connectivity index (χ3v) is 2.26. The molecule has 0 spiro atoms. The summed E-state index contributed by atoms with van der Waals surface area (Å²) in [5.74, 6) is -1.75. The summed E-state index contributed by atoms with van der Waals surface area (Å²) in [5, 5.41) is 13.4. The van der Waals surface area contributed by atoms with Gasteiger partial charge >= 0.3 is 5.97 Å². The highest BCUT2D eigenvalue weighted by molar-refractivity contribution is 5.97. The quantitative estimate of drug-likeness (QED) is 0.663. The van der Waals surface area contributed by atoms with Crippen LogP contribution in [-0.2, 0) is 9.59 Å². The van der Waals surface area contributed by atoms with Gasteiger partial charge in [0, 0.05) is 18.7 Å². The summed E-state index contributed by atoms with van der Waals surface area (Å²) in [4.78, 5) is 33.1. The Morgan fingerprint density at radius 2 is 2.05 bits per heavy atom. The molecule has 2 amide bonds. The molecule has 6 nitrogen and oxygen atoms in total. The Bertz CT molecular complexity index is 523. The highest BCUT2D eigenvalue weighted by Gasteiger charge is 2.07. The number of carboxylic acids is 1. The highest BCUT2D eigenvalue weighted by Crippen LogP contribution is 2.07. The molecule has 0 bridgehead atoms. The van der Waals surface area contributed by atoms with Crippen LogP contribution in [0, 0.1) is 0 Å². The average molecular weight is 262 g/mol. The smallest absolute Gasteiger partial charge is 0.328 e. The lowest BCUT2D eigenvalue weighted by Crippen LogP contribution is -2.35. The predicted molar refractivity (Wildman–Crippen MR) is 69.5 cm³/mol. The minimum Gasteiger partial charge on any atom is -0.478 e. The maximum atomic E-state index is 11.7. The number of hydrogen-bond donors (Lipinski definition) is 3. The van der Waals surface area contributed by atoms with Gasteiger partial charge < -0.3 is 15.7 Å². The lowest BCUT2D eigenvalue weighted by molar-refractivity contribution is -0.131. The van der Waals surface area contributed by atoms with Crippen LogP contribution in [0.15, 0.2) is 30.3 Å². The van der Waals surface area contributed by atoms with Crippen molar-refractivity contribution in [2.45, 2.75) is 0 Å². The van der Waals surface area contributed by atoms with Crippen molar-refractivity contribution < 1.29 is 19.5 Å². The number of carbonyl (C=O) groups is 3. The van der Waals surface area contributed by atoms with E-state index < -0.39 is 11.9 Å². The molecule has 100 valence electrons. The summed E-state index contributed by atoms with van der Waals surface area (Å²) in [6.45, 7) is -0.107. The molecular weight excluding hydrogens is 248 g/mol. The fourth-order valence-corrected chi connectivity index (χ4v) is 1.30. The largest absolute Gasteiger partial charge is 0.478 e. The summed E-state index contributed by atoms with van der Waals surface area (Å²) in [5.41, 5.74) is 0.950. The molecule has 0 radical (unpaired) electrons. The van der Waals surface area contributed by atoms with E-state index in [0.717, 1.165) is 6.08 Å². The van der Waals surface area contributed by atoms with E-state index in [2.05, 4.69) is 10.6 Å². The van der Waals surface area contributed by atoms with Gasteiger partial charge in [-0.05, 0) is 23.8 Å². The molecule has 0 heterocycles. The molecular formula is C13H14N2O4. The van der Waals surface area contributed by atoms with E-state index in [1.165, 1.54) is 13.1 Å². The molecule has 0 aliphatic heterocycles. The van der Waals surface area contributed by atoms with Crippen molar-refractivity contribution in [2.75, 3.05) is 13.6 Å². The summed E-state index contributed by atoms with van der Waals surface area (Å²) in [7, 11) is 1.48. The standard InChI is InChI=1S/C13H14N2O4/c1-14-11(16)8-15-13(19)10-4-2-3-9(7-10)5-6-12(17)18/h2-7H,8H2,1H3,(H,14,16)(H,15,19)(H,17,18). The number of benzene rings is 1. The minimum atomic E-state index is -1.06. The van der Waals surface area contributed by atoms with E-state index in [1.807, 2.05) is 0 Å². The number of amides is 2. The van der Waals surface area contributed by atoms with E-state index in [4.69, 9.17) is 5.11 Å². The van der Waals surface area contributed by atoms with Crippen LogP contribution < -0.4 is 10.6 Å². The highest BCUT2D eigenvalue weighted by atomic mass is 16.4. The molecule has 0 fully saturated rings. The number of likely N-dealkylation sites (N-methyl/N-ethyl adjacent to an activating group) is 1. The number of nitrogens with one attached hydrogen (secondary N) is 2. The van der Waals surface area contributed by atoms with Crippen LogP contribution in [0.5, 0.6) is 0 Å². The Morgan fingerprint density at radius 1 is 1.32 bits per heavy atom. The average Bonchev–Trinajstić information content (AvgIpc) is 2.42. The third kappa shape index (κ3) is 5.03. The van der Waals surface area contributed by atoms with Crippen molar-refractivity contribution in [3.8, 4) is 0 Å². The van der Waals surface area contributed by atoms with Crippen molar-refractivity contribution in [3.63, 3.8) is 0 Å². The van der Waals surface area contributed by atoms with Gasteiger partial charge in [0.25, 0.3) is 5.91 Å². The van der Waals surface area contributed by atoms with Crippen molar-refractivity contribution in [1.82, 2.24) is 10.6 Å². The Balaban J connectivity index is 2.73. The molecule has 1 rings (SSSR count). The normalized spacial score (nSPS) is 10.2. The monoisotopic (exact) mass is 262 g/mol. The molecule has 0 aromatic heterocycles. The van der Waals surface area contributed by atoms with Crippen LogP contribution in [0.25, 0.3) is 6.08 Å². The predicted octanol–water partition coefficient (Wildman–Crippen LogP) is 0.260. The summed E-state index contributed by atoms with van der Waals surface area (Å²) < 4.78 is 0. The second-order valence-corrected chi connectivity index (χ2v) is 3.65. The van der Waals surface area contributed by atoms with Gasteiger partial charge in [-0.15, -0.1) is 0 Å². The van der Waals surface area contributed by atoms with E-state index in [0.29, 0.717) is 11.1 Å².